The minimum atomic E-state index is -0.538. The summed E-state index contributed by atoms with van der Waals surface area (Å²) >= 11 is 0. The Hall–Kier alpha value is -2.28. The van der Waals surface area contributed by atoms with E-state index in [1.54, 1.807) is 18.2 Å². The molecule has 2 N–H and O–H groups in total. The molecule has 1 fully saturated rings. The van der Waals surface area contributed by atoms with Gasteiger partial charge < -0.3 is 14.8 Å². The number of likely N-dealkylation sites (tertiary alicyclic amines) is 1. The zero-order valence-electron chi connectivity index (χ0n) is 13.0. The number of imide groups is 1. The molecule has 0 aliphatic carbocycles. The molecule has 0 unspecified atom stereocenters. The Labute approximate surface area is 134 Å². The SMILES string of the molecule is O=C(CN1CCCCCC1)NC(=O)Nc1ccc2c(c1)OCO2. The highest BCUT2D eigenvalue weighted by Crippen LogP contribution is 2.34. The summed E-state index contributed by atoms with van der Waals surface area (Å²) in [5, 5.41) is 4.99. The fraction of sp³-hybridized carbons (Fsp3) is 0.500. The highest BCUT2D eigenvalue weighted by atomic mass is 16.7. The van der Waals surface area contributed by atoms with Crippen LogP contribution >= 0.6 is 0 Å². The molecule has 1 saturated heterocycles. The highest BCUT2D eigenvalue weighted by molar-refractivity contribution is 6.01. The molecular formula is C16H21N3O4. The minimum Gasteiger partial charge on any atom is -0.454 e. The third-order valence-corrected chi connectivity index (χ3v) is 3.95. The highest BCUT2D eigenvalue weighted by Gasteiger charge is 2.17. The third kappa shape index (κ3) is 4.35. The van der Waals surface area contributed by atoms with Gasteiger partial charge >= 0.3 is 6.03 Å². The Morgan fingerprint density at radius 2 is 1.78 bits per heavy atom. The van der Waals surface area contributed by atoms with E-state index in [0.717, 1.165) is 25.9 Å². The summed E-state index contributed by atoms with van der Waals surface area (Å²) in [7, 11) is 0. The third-order valence-electron chi connectivity index (χ3n) is 3.95. The number of nitrogens with one attached hydrogen (secondary N) is 2. The first-order valence-electron chi connectivity index (χ1n) is 7.93. The van der Waals surface area contributed by atoms with Crippen molar-refractivity contribution >= 4 is 17.6 Å². The van der Waals surface area contributed by atoms with Gasteiger partial charge in [0.2, 0.25) is 12.7 Å². The smallest absolute Gasteiger partial charge is 0.325 e. The second-order valence-electron chi connectivity index (χ2n) is 5.76. The van der Waals surface area contributed by atoms with E-state index in [1.165, 1.54) is 12.8 Å². The fourth-order valence-corrected chi connectivity index (χ4v) is 2.80. The number of hydrogen-bond acceptors (Lipinski definition) is 5. The summed E-state index contributed by atoms with van der Waals surface area (Å²) in [5.41, 5.74) is 0.550. The van der Waals surface area contributed by atoms with Gasteiger partial charge in [0.1, 0.15) is 0 Å². The van der Waals surface area contributed by atoms with Crippen molar-refractivity contribution in [3.05, 3.63) is 18.2 Å². The molecule has 7 nitrogen and oxygen atoms in total. The Morgan fingerprint density at radius 3 is 2.57 bits per heavy atom. The first-order chi connectivity index (χ1) is 11.2. The number of urea groups is 1. The molecule has 0 spiro atoms. The van der Waals surface area contributed by atoms with Gasteiger partial charge in [-0.25, -0.2) is 4.79 Å². The Kier molecular flexibility index (Phi) is 4.97. The van der Waals surface area contributed by atoms with Gasteiger partial charge in [0.25, 0.3) is 0 Å². The van der Waals surface area contributed by atoms with Crippen LogP contribution in [0.2, 0.25) is 0 Å². The lowest BCUT2D eigenvalue weighted by molar-refractivity contribution is -0.121. The average molecular weight is 319 g/mol. The monoisotopic (exact) mass is 319 g/mol. The largest absolute Gasteiger partial charge is 0.454 e. The van der Waals surface area contributed by atoms with Crippen molar-refractivity contribution in [3.63, 3.8) is 0 Å². The summed E-state index contributed by atoms with van der Waals surface area (Å²) in [4.78, 5) is 25.9. The zero-order valence-corrected chi connectivity index (χ0v) is 13.0. The molecule has 2 aliphatic rings. The summed E-state index contributed by atoms with van der Waals surface area (Å²) in [5.74, 6) is 0.942. The Balaban J connectivity index is 1.47. The summed E-state index contributed by atoms with van der Waals surface area (Å²) in [6.07, 6.45) is 4.64. The van der Waals surface area contributed by atoms with Crippen molar-refractivity contribution in [3.8, 4) is 11.5 Å². The lowest BCUT2D eigenvalue weighted by Crippen LogP contribution is -2.42. The molecule has 0 bridgehead atoms. The maximum absolute atomic E-state index is 12.0. The fourth-order valence-electron chi connectivity index (χ4n) is 2.80. The second kappa shape index (κ2) is 7.32. The molecule has 23 heavy (non-hydrogen) atoms. The van der Waals surface area contributed by atoms with Crippen molar-refractivity contribution in [1.29, 1.82) is 0 Å². The van der Waals surface area contributed by atoms with Gasteiger partial charge in [-0.05, 0) is 38.1 Å². The van der Waals surface area contributed by atoms with Crippen molar-refractivity contribution in [2.45, 2.75) is 25.7 Å². The van der Waals surface area contributed by atoms with Crippen LogP contribution in [-0.2, 0) is 4.79 Å². The van der Waals surface area contributed by atoms with E-state index in [4.69, 9.17) is 9.47 Å². The van der Waals surface area contributed by atoms with Gasteiger partial charge in [0, 0.05) is 11.8 Å². The number of benzene rings is 1. The number of rotatable bonds is 3. The van der Waals surface area contributed by atoms with Gasteiger partial charge in [-0.15, -0.1) is 0 Å². The first-order valence-corrected chi connectivity index (χ1v) is 7.93. The van der Waals surface area contributed by atoms with E-state index in [1.807, 2.05) is 0 Å². The molecule has 0 saturated carbocycles. The zero-order chi connectivity index (χ0) is 16.1. The lowest BCUT2D eigenvalue weighted by atomic mass is 10.2. The summed E-state index contributed by atoms with van der Waals surface area (Å²) in [6, 6.07) is 4.55. The molecule has 1 aromatic rings. The molecule has 2 heterocycles. The molecule has 2 aliphatic heterocycles. The standard InChI is InChI=1S/C16H21N3O4/c20-15(10-19-7-3-1-2-4-8-19)18-16(21)17-12-5-6-13-14(9-12)23-11-22-13/h5-6,9H,1-4,7-8,10-11H2,(H2,17,18,20,21). The molecule has 0 atom stereocenters. The molecule has 1 aromatic carbocycles. The number of fused-ring (bicyclic) bond motifs is 1. The van der Waals surface area contributed by atoms with Crippen LogP contribution in [0.15, 0.2) is 18.2 Å². The molecule has 7 heteroatoms. The van der Waals surface area contributed by atoms with Gasteiger partial charge in [0.15, 0.2) is 11.5 Å². The predicted octanol–water partition coefficient (Wildman–Crippen LogP) is 1.94. The molecular weight excluding hydrogens is 298 g/mol. The number of carbonyl (C=O) groups is 2. The Bertz CT molecular complexity index is 583. The number of amides is 3. The van der Waals surface area contributed by atoms with Crippen LogP contribution in [0.1, 0.15) is 25.7 Å². The van der Waals surface area contributed by atoms with Crippen LogP contribution in [0, 0.1) is 0 Å². The van der Waals surface area contributed by atoms with E-state index in [2.05, 4.69) is 15.5 Å². The minimum absolute atomic E-state index is 0.180. The van der Waals surface area contributed by atoms with E-state index in [0.29, 0.717) is 17.2 Å². The van der Waals surface area contributed by atoms with Crippen LogP contribution in [0.25, 0.3) is 0 Å². The molecule has 3 rings (SSSR count). The van der Waals surface area contributed by atoms with E-state index < -0.39 is 6.03 Å². The number of nitrogens with zero attached hydrogens (tertiary/aromatic N) is 1. The number of carbonyl (C=O) groups excluding carboxylic acids is 2. The van der Waals surface area contributed by atoms with Gasteiger partial charge in [-0.3, -0.25) is 15.0 Å². The number of ether oxygens (including phenoxy) is 2. The quantitative estimate of drug-likeness (QED) is 0.890. The van der Waals surface area contributed by atoms with Crippen molar-refractivity contribution in [2.24, 2.45) is 0 Å². The maximum Gasteiger partial charge on any atom is 0.325 e. The molecule has 3 amide bonds. The van der Waals surface area contributed by atoms with Gasteiger partial charge in [-0.2, -0.15) is 0 Å². The second-order valence-corrected chi connectivity index (χ2v) is 5.76. The van der Waals surface area contributed by atoms with Crippen LogP contribution in [-0.4, -0.2) is 43.3 Å². The summed E-state index contributed by atoms with van der Waals surface area (Å²) < 4.78 is 10.5. The van der Waals surface area contributed by atoms with E-state index >= 15 is 0 Å². The van der Waals surface area contributed by atoms with Crippen LogP contribution < -0.4 is 20.1 Å². The normalized spacial score (nSPS) is 17.4. The maximum atomic E-state index is 12.0. The average Bonchev–Trinajstić information content (AvgIpc) is 2.83. The van der Waals surface area contributed by atoms with Crippen LogP contribution in [0.4, 0.5) is 10.5 Å². The predicted molar refractivity (Wildman–Crippen MR) is 84.6 cm³/mol. The first kappa shape index (κ1) is 15.6. The lowest BCUT2D eigenvalue weighted by Gasteiger charge is -2.18. The Morgan fingerprint density at radius 1 is 1.04 bits per heavy atom. The van der Waals surface area contributed by atoms with E-state index in [-0.39, 0.29) is 19.2 Å². The molecule has 0 aromatic heterocycles. The van der Waals surface area contributed by atoms with Gasteiger partial charge in [0.05, 0.1) is 6.54 Å². The van der Waals surface area contributed by atoms with Crippen molar-refractivity contribution in [2.75, 3.05) is 31.7 Å². The van der Waals surface area contributed by atoms with Gasteiger partial charge in [-0.1, -0.05) is 12.8 Å². The number of hydrogen-bond donors (Lipinski definition) is 2. The topological polar surface area (TPSA) is 79.9 Å². The van der Waals surface area contributed by atoms with E-state index in [9.17, 15) is 9.59 Å². The van der Waals surface area contributed by atoms with Crippen molar-refractivity contribution < 1.29 is 19.1 Å². The summed E-state index contributed by atoms with van der Waals surface area (Å²) in [6.45, 7) is 2.27. The van der Waals surface area contributed by atoms with Crippen LogP contribution in [0.3, 0.4) is 0 Å². The molecule has 0 radical (unpaired) electrons. The van der Waals surface area contributed by atoms with Crippen molar-refractivity contribution in [1.82, 2.24) is 10.2 Å². The number of anilines is 1. The molecule has 124 valence electrons. The van der Waals surface area contributed by atoms with Crippen LogP contribution in [0.5, 0.6) is 11.5 Å².